The van der Waals surface area contributed by atoms with Crippen LogP contribution in [0.1, 0.15) is 18.6 Å². The molecule has 20 heavy (non-hydrogen) atoms. The molecule has 1 aliphatic rings. The standard InChI is InChI=1S/C14H6N2O.C2H6.Y/c17-14(11-6-2-1-3-7-11)16-10-15-12-8-4-5-9-13(12)16;1-2;/h2,4-5,7-9H;1-2H3;/q-2;;. The van der Waals surface area contributed by atoms with E-state index in [-0.39, 0.29) is 38.6 Å². The topological polar surface area (TPSA) is 34.9 Å². The Hall–Kier alpha value is -1.50. The van der Waals surface area contributed by atoms with Crippen molar-refractivity contribution < 1.29 is 37.5 Å². The molecule has 3 nitrogen and oxygen atoms in total. The normalized spacial score (nSPS) is 11.4. The number of nitrogens with zero attached hydrogens (tertiary/aromatic N) is 2. The third-order valence-electron chi connectivity index (χ3n) is 2.43. The molecule has 1 aromatic carbocycles. The van der Waals surface area contributed by atoms with Crippen LogP contribution in [0, 0.1) is 12.4 Å². The fourth-order valence-corrected chi connectivity index (χ4v) is 1.62. The summed E-state index contributed by atoms with van der Waals surface area (Å²) >= 11 is 0. The number of benzene rings is 1. The monoisotopic (exact) mass is 337 g/mol. The molecule has 0 bridgehead atoms. The van der Waals surface area contributed by atoms with Gasteiger partial charge in [-0.2, -0.15) is 11.5 Å². The van der Waals surface area contributed by atoms with Crippen molar-refractivity contribution in [1.29, 1.82) is 0 Å². The summed E-state index contributed by atoms with van der Waals surface area (Å²) in [6.07, 6.45) is 8.58. The van der Waals surface area contributed by atoms with Crippen LogP contribution in [0.3, 0.4) is 0 Å². The molecule has 1 radical (unpaired) electrons. The van der Waals surface area contributed by atoms with Crippen molar-refractivity contribution >= 4 is 16.9 Å². The summed E-state index contributed by atoms with van der Waals surface area (Å²) in [6.45, 7) is 4.00. The average molecular weight is 337 g/mol. The molecule has 0 saturated carbocycles. The maximum atomic E-state index is 12.1. The number of imidazole rings is 1. The SMILES string of the molecule is CC.O=C(C1=[C-]C=C=C=C1)n1[c-]nc2ccccc21.[Y]. The van der Waals surface area contributed by atoms with Gasteiger partial charge in [-0.15, -0.1) is 12.2 Å². The number of para-hydroxylation sites is 2. The number of carbonyl (C=O) groups is 1. The van der Waals surface area contributed by atoms with E-state index in [9.17, 15) is 4.79 Å². The second kappa shape index (κ2) is 7.94. The Morgan fingerprint density at radius 2 is 2.00 bits per heavy atom. The van der Waals surface area contributed by atoms with E-state index in [1.165, 1.54) is 10.6 Å². The molecule has 0 aliphatic heterocycles. The third-order valence-corrected chi connectivity index (χ3v) is 2.43. The fourth-order valence-electron chi connectivity index (χ4n) is 1.62. The van der Waals surface area contributed by atoms with Crippen LogP contribution in [0.2, 0.25) is 0 Å². The second-order valence-corrected chi connectivity index (χ2v) is 3.48. The zero-order valence-electron chi connectivity index (χ0n) is 11.3. The predicted octanol–water partition coefficient (Wildman–Crippen LogP) is 3.11. The minimum Gasteiger partial charge on any atom is -0.395 e. The van der Waals surface area contributed by atoms with Crippen LogP contribution >= 0.6 is 0 Å². The molecular weight excluding hydrogens is 325 g/mol. The summed E-state index contributed by atoms with van der Waals surface area (Å²) in [5.41, 5.74) is 7.33. The van der Waals surface area contributed by atoms with Crippen LogP contribution in [-0.2, 0) is 32.7 Å². The number of hydrogen-bond donors (Lipinski definition) is 0. The molecule has 0 saturated heterocycles. The van der Waals surface area contributed by atoms with Crippen molar-refractivity contribution in [3.05, 3.63) is 65.9 Å². The van der Waals surface area contributed by atoms with Gasteiger partial charge < -0.3 is 14.3 Å². The third kappa shape index (κ3) is 3.33. The maximum Gasteiger partial charge on any atom is 0.160 e. The molecular formula is C16H12N2OY-2. The number of allylic oxidation sites excluding steroid dienone is 4. The molecule has 0 spiro atoms. The first-order chi connectivity index (χ1) is 9.36. The van der Waals surface area contributed by atoms with Gasteiger partial charge in [0.15, 0.2) is 5.91 Å². The van der Waals surface area contributed by atoms with E-state index in [4.69, 9.17) is 0 Å². The van der Waals surface area contributed by atoms with Gasteiger partial charge in [-0.3, -0.25) is 0 Å². The van der Waals surface area contributed by atoms with Crippen molar-refractivity contribution in [3.8, 4) is 0 Å². The molecule has 0 unspecified atom stereocenters. The van der Waals surface area contributed by atoms with Gasteiger partial charge in [0.25, 0.3) is 0 Å². The van der Waals surface area contributed by atoms with Gasteiger partial charge in [-0.1, -0.05) is 49.8 Å². The summed E-state index contributed by atoms with van der Waals surface area (Å²) in [5, 5.41) is 0. The molecule has 1 aromatic heterocycles. The van der Waals surface area contributed by atoms with E-state index in [0.29, 0.717) is 5.57 Å². The first-order valence-electron chi connectivity index (χ1n) is 6.05. The maximum absolute atomic E-state index is 12.1. The first-order valence-corrected chi connectivity index (χ1v) is 6.05. The van der Waals surface area contributed by atoms with Crippen molar-refractivity contribution in [1.82, 2.24) is 9.55 Å². The van der Waals surface area contributed by atoms with Gasteiger partial charge in [-0.05, 0) is 11.0 Å². The largest absolute Gasteiger partial charge is 0.395 e. The van der Waals surface area contributed by atoms with Crippen molar-refractivity contribution in [2.24, 2.45) is 0 Å². The van der Waals surface area contributed by atoms with Crippen molar-refractivity contribution in [3.63, 3.8) is 0 Å². The summed E-state index contributed by atoms with van der Waals surface area (Å²) in [7, 11) is 0. The predicted molar refractivity (Wildman–Crippen MR) is 73.5 cm³/mol. The minimum atomic E-state index is -0.219. The first kappa shape index (κ1) is 16.6. The smallest absolute Gasteiger partial charge is 0.160 e. The molecule has 3 rings (SSSR count). The number of carbonyl (C=O) groups excluding carboxylic acids is 1. The molecule has 0 atom stereocenters. The molecule has 0 fully saturated rings. The average Bonchev–Trinajstić information content (AvgIpc) is 2.93. The zero-order chi connectivity index (χ0) is 13.7. The molecule has 0 amide bonds. The van der Waals surface area contributed by atoms with Crippen molar-refractivity contribution in [2.45, 2.75) is 13.8 Å². The minimum absolute atomic E-state index is 0. The van der Waals surface area contributed by atoms with Crippen LogP contribution in [0.4, 0.5) is 0 Å². The van der Waals surface area contributed by atoms with E-state index in [2.05, 4.69) is 28.8 Å². The Morgan fingerprint density at radius 3 is 2.70 bits per heavy atom. The number of rotatable bonds is 1. The molecule has 0 N–H and O–H groups in total. The molecule has 1 heterocycles. The zero-order valence-corrected chi connectivity index (χ0v) is 14.2. The van der Waals surface area contributed by atoms with E-state index < -0.39 is 0 Å². The van der Waals surface area contributed by atoms with E-state index in [0.717, 1.165) is 11.0 Å². The van der Waals surface area contributed by atoms with Gasteiger partial charge in [-0.25, -0.2) is 0 Å². The van der Waals surface area contributed by atoms with Crippen molar-refractivity contribution in [2.75, 3.05) is 0 Å². The Labute approximate surface area is 143 Å². The Morgan fingerprint density at radius 1 is 1.25 bits per heavy atom. The number of fused-ring (bicyclic) bond motifs is 1. The van der Waals surface area contributed by atoms with Gasteiger partial charge in [0, 0.05) is 39.0 Å². The quantitative estimate of drug-likeness (QED) is 0.592. The van der Waals surface area contributed by atoms with Crippen LogP contribution in [0.5, 0.6) is 0 Å². The van der Waals surface area contributed by atoms with Crippen LogP contribution in [-0.4, -0.2) is 15.5 Å². The Balaban J connectivity index is 0.000000639. The molecule has 2 aromatic rings. The van der Waals surface area contributed by atoms with E-state index >= 15 is 0 Å². The Kier molecular flexibility index (Phi) is 6.57. The molecule has 4 heteroatoms. The van der Waals surface area contributed by atoms with Gasteiger partial charge in [0.05, 0.1) is 0 Å². The van der Waals surface area contributed by atoms with Crippen LogP contribution < -0.4 is 0 Å². The van der Waals surface area contributed by atoms with Gasteiger partial charge in [0.2, 0.25) is 0 Å². The molecule has 97 valence electrons. The Bertz CT molecular complexity index is 743. The second-order valence-electron chi connectivity index (χ2n) is 3.48. The fraction of sp³-hybridized carbons (Fsp3) is 0.125. The summed E-state index contributed by atoms with van der Waals surface area (Å²) in [6, 6.07) is 7.39. The van der Waals surface area contributed by atoms with E-state index in [1.54, 1.807) is 6.08 Å². The van der Waals surface area contributed by atoms with Crippen LogP contribution in [0.15, 0.2) is 53.5 Å². The molecule has 1 aliphatic carbocycles. The van der Waals surface area contributed by atoms with Gasteiger partial charge in [0.1, 0.15) is 0 Å². The number of aromatic nitrogens is 2. The summed E-state index contributed by atoms with van der Waals surface area (Å²) < 4.78 is 1.38. The van der Waals surface area contributed by atoms with E-state index in [1.807, 2.05) is 38.1 Å². The summed E-state index contributed by atoms with van der Waals surface area (Å²) in [4.78, 5) is 16.2. The summed E-state index contributed by atoms with van der Waals surface area (Å²) in [5.74, 6) is -0.219. The number of hydrogen-bond acceptors (Lipinski definition) is 2. The van der Waals surface area contributed by atoms with Gasteiger partial charge >= 0.3 is 0 Å². The van der Waals surface area contributed by atoms with Crippen LogP contribution in [0.25, 0.3) is 11.0 Å².